The third kappa shape index (κ3) is 7.54. The van der Waals surface area contributed by atoms with E-state index in [2.05, 4.69) is 20.2 Å². The zero-order chi connectivity index (χ0) is 24.8. The van der Waals surface area contributed by atoms with Crippen LogP contribution < -0.4 is 10.2 Å². The predicted molar refractivity (Wildman–Crippen MR) is 144 cm³/mol. The van der Waals surface area contributed by atoms with Crippen LogP contribution in [0.15, 0.2) is 67.0 Å². The summed E-state index contributed by atoms with van der Waals surface area (Å²) in [5.41, 5.74) is 1.95. The Balaban J connectivity index is 0.00000361. The molecule has 1 amide bonds. The van der Waals surface area contributed by atoms with Gasteiger partial charge in [-0.25, -0.2) is 14.8 Å². The van der Waals surface area contributed by atoms with Gasteiger partial charge in [0, 0.05) is 24.6 Å². The molecule has 2 aromatic carbocycles. The van der Waals surface area contributed by atoms with E-state index in [1.54, 1.807) is 30.6 Å². The molecular formula is C26H25Cl2N4NaO3. The van der Waals surface area contributed by atoms with Crippen molar-refractivity contribution >= 4 is 82.3 Å². The average Bonchev–Trinajstić information content (AvgIpc) is 3.67. The fourth-order valence-electron chi connectivity index (χ4n) is 3.56. The van der Waals surface area contributed by atoms with Gasteiger partial charge in [0.1, 0.15) is 6.04 Å². The molecule has 3 aromatic rings. The van der Waals surface area contributed by atoms with Crippen molar-refractivity contribution in [1.82, 2.24) is 15.3 Å². The first-order chi connectivity index (χ1) is 16.9. The number of hydrogen-bond donors (Lipinski definition) is 2. The molecule has 182 valence electrons. The van der Waals surface area contributed by atoms with Gasteiger partial charge in [-0.3, -0.25) is 4.79 Å². The average molecular weight is 535 g/mol. The molecule has 1 unspecified atom stereocenters. The van der Waals surface area contributed by atoms with E-state index < -0.39 is 17.9 Å². The van der Waals surface area contributed by atoms with Crippen LogP contribution in [0.1, 0.15) is 35.2 Å². The normalized spacial score (nSPS) is 13.6. The van der Waals surface area contributed by atoms with E-state index in [-0.39, 0.29) is 51.6 Å². The van der Waals surface area contributed by atoms with Crippen LogP contribution in [0.5, 0.6) is 0 Å². The Kier molecular flexibility index (Phi) is 10.3. The number of nitrogens with zero attached hydrogens (tertiary/aromatic N) is 3. The van der Waals surface area contributed by atoms with Crippen molar-refractivity contribution in [2.75, 3.05) is 11.4 Å². The number of rotatable bonds is 10. The molecule has 0 aliphatic heterocycles. The summed E-state index contributed by atoms with van der Waals surface area (Å²) in [4.78, 5) is 35.1. The second-order valence-electron chi connectivity index (χ2n) is 8.29. The van der Waals surface area contributed by atoms with Crippen molar-refractivity contribution in [3.05, 3.63) is 88.2 Å². The number of carboxylic acid groups (broad SMARTS) is 1. The molecule has 4 rings (SSSR count). The Labute approximate surface area is 241 Å². The summed E-state index contributed by atoms with van der Waals surface area (Å²) < 4.78 is 0. The van der Waals surface area contributed by atoms with Crippen LogP contribution in [0.25, 0.3) is 6.08 Å². The number of carbonyl (C=O) groups excluding carboxylic acids is 1. The van der Waals surface area contributed by atoms with Gasteiger partial charge in [-0.1, -0.05) is 53.6 Å². The minimum absolute atomic E-state index is 0. The molecule has 1 saturated carbocycles. The van der Waals surface area contributed by atoms with E-state index in [1.807, 2.05) is 30.3 Å². The van der Waals surface area contributed by atoms with Gasteiger partial charge in [0.15, 0.2) is 0 Å². The Hall–Kier alpha value is -2.42. The number of carbonyl (C=O) groups is 2. The van der Waals surface area contributed by atoms with Crippen LogP contribution in [0.2, 0.25) is 10.0 Å². The van der Waals surface area contributed by atoms with Gasteiger partial charge in [0.25, 0.3) is 5.91 Å². The van der Waals surface area contributed by atoms with E-state index in [4.69, 9.17) is 23.2 Å². The molecule has 10 heteroatoms. The topological polar surface area (TPSA) is 95.4 Å². The quantitative estimate of drug-likeness (QED) is 0.356. The zero-order valence-corrected chi connectivity index (χ0v) is 20.3. The Morgan fingerprint density at radius 1 is 1.06 bits per heavy atom. The molecular weight excluding hydrogens is 510 g/mol. The van der Waals surface area contributed by atoms with Gasteiger partial charge in [-0.15, -0.1) is 0 Å². The van der Waals surface area contributed by atoms with Gasteiger partial charge < -0.3 is 15.3 Å². The van der Waals surface area contributed by atoms with Gasteiger partial charge in [-0.2, -0.15) is 0 Å². The van der Waals surface area contributed by atoms with Crippen LogP contribution in [0.3, 0.4) is 0 Å². The first-order valence-electron chi connectivity index (χ1n) is 11.2. The third-order valence-electron chi connectivity index (χ3n) is 5.61. The van der Waals surface area contributed by atoms with Crippen LogP contribution in [-0.2, 0) is 4.79 Å². The molecule has 1 aliphatic rings. The van der Waals surface area contributed by atoms with Gasteiger partial charge in [0.2, 0.25) is 5.95 Å². The number of halogens is 2. The fourth-order valence-corrected chi connectivity index (χ4v) is 4.13. The number of anilines is 2. The van der Waals surface area contributed by atoms with E-state index >= 15 is 0 Å². The van der Waals surface area contributed by atoms with Crippen LogP contribution in [0.4, 0.5) is 11.6 Å². The monoisotopic (exact) mass is 534 g/mol. The summed E-state index contributed by atoms with van der Waals surface area (Å²) in [6.07, 6.45) is 9.52. The van der Waals surface area contributed by atoms with Crippen molar-refractivity contribution in [3.63, 3.8) is 0 Å². The predicted octanol–water partition coefficient (Wildman–Crippen LogP) is 4.97. The molecule has 1 aliphatic carbocycles. The summed E-state index contributed by atoms with van der Waals surface area (Å²) >= 11 is 12.1. The molecule has 1 aromatic heterocycles. The van der Waals surface area contributed by atoms with Crippen molar-refractivity contribution in [2.45, 2.75) is 25.3 Å². The van der Waals surface area contributed by atoms with Crippen molar-refractivity contribution in [2.24, 2.45) is 5.92 Å². The molecule has 2 N–H and O–H groups in total. The first-order valence-corrected chi connectivity index (χ1v) is 12.0. The maximum absolute atomic E-state index is 12.6. The fraction of sp³-hybridized carbons (Fsp3) is 0.231. The molecule has 36 heavy (non-hydrogen) atoms. The number of amides is 1. The molecule has 0 saturated heterocycles. The maximum atomic E-state index is 12.6. The van der Waals surface area contributed by atoms with Gasteiger partial charge in [0.05, 0.1) is 15.6 Å². The summed E-state index contributed by atoms with van der Waals surface area (Å²) in [7, 11) is 0. The summed E-state index contributed by atoms with van der Waals surface area (Å²) in [5.74, 6) is -0.465. The van der Waals surface area contributed by atoms with Crippen molar-refractivity contribution in [3.8, 4) is 0 Å². The van der Waals surface area contributed by atoms with Crippen LogP contribution in [0, 0.1) is 5.92 Å². The van der Waals surface area contributed by atoms with E-state index in [1.165, 1.54) is 25.0 Å². The van der Waals surface area contributed by atoms with Gasteiger partial charge in [-0.05, 0) is 61.1 Å². The standard InChI is InChI=1S/C26H24Cl2N4O3.Na.H/c27-20-5-2-6-21(28)23(20)24(33)31-22(25(34)35)7-1-4-17-10-12-19(13-11-17)32(16-18-8-9-18)26-29-14-3-15-30-26;;/h1-6,10-15,18,22H,7-9,16H2,(H,31,33)(H,34,35);;. The molecule has 0 spiro atoms. The number of hydrogen-bond acceptors (Lipinski definition) is 5. The zero-order valence-electron chi connectivity index (χ0n) is 18.8. The van der Waals surface area contributed by atoms with Crippen LogP contribution in [-0.4, -0.2) is 69.1 Å². The third-order valence-corrected chi connectivity index (χ3v) is 6.24. The van der Waals surface area contributed by atoms with E-state index in [9.17, 15) is 14.7 Å². The summed E-state index contributed by atoms with van der Waals surface area (Å²) in [6, 6.07) is 13.2. The second kappa shape index (κ2) is 13.2. The summed E-state index contributed by atoms with van der Waals surface area (Å²) in [5, 5.41) is 12.4. The van der Waals surface area contributed by atoms with Gasteiger partial charge >= 0.3 is 35.5 Å². The van der Waals surface area contributed by atoms with Crippen molar-refractivity contribution in [1.29, 1.82) is 0 Å². The molecule has 1 heterocycles. The number of carboxylic acids is 1. The molecule has 0 bridgehead atoms. The number of nitrogens with one attached hydrogen (secondary N) is 1. The molecule has 7 nitrogen and oxygen atoms in total. The van der Waals surface area contributed by atoms with E-state index in [0.29, 0.717) is 11.9 Å². The Bertz CT molecular complexity index is 1200. The van der Waals surface area contributed by atoms with Crippen molar-refractivity contribution < 1.29 is 14.7 Å². The summed E-state index contributed by atoms with van der Waals surface area (Å²) in [6.45, 7) is 0.870. The first kappa shape index (κ1) is 28.2. The SMILES string of the molecule is O=C(NC(CC=Cc1ccc(N(CC2CC2)c2ncccn2)cc1)C(=O)O)c1c(Cl)cccc1Cl.[NaH]. The minimum atomic E-state index is -1.15. The molecule has 1 fully saturated rings. The number of aromatic nitrogens is 2. The van der Waals surface area contributed by atoms with Crippen LogP contribution >= 0.6 is 23.2 Å². The second-order valence-corrected chi connectivity index (χ2v) is 9.11. The molecule has 0 radical (unpaired) electrons. The Morgan fingerprint density at radius 3 is 2.28 bits per heavy atom. The number of aliphatic carboxylic acids is 1. The number of benzene rings is 2. The molecule has 1 atom stereocenters. The Morgan fingerprint density at radius 2 is 1.69 bits per heavy atom. The van der Waals surface area contributed by atoms with E-state index in [0.717, 1.165) is 17.8 Å².